The van der Waals surface area contributed by atoms with E-state index in [4.69, 9.17) is 14.3 Å². The van der Waals surface area contributed by atoms with Gasteiger partial charge in [-0.2, -0.15) is 0 Å². The zero-order chi connectivity index (χ0) is 28.9. The van der Waals surface area contributed by atoms with Gasteiger partial charge in [-0.25, -0.2) is 0 Å². The van der Waals surface area contributed by atoms with Crippen LogP contribution in [0.25, 0.3) is 0 Å². The summed E-state index contributed by atoms with van der Waals surface area (Å²) in [7, 11) is 0. The van der Waals surface area contributed by atoms with Crippen LogP contribution in [0.4, 0.5) is 5.69 Å². The third kappa shape index (κ3) is 4.62. The number of nitrogens with zero attached hydrogens (tertiary/aromatic N) is 2. The highest BCUT2D eigenvalue weighted by molar-refractivity contribution is 6.06. The van der Waals surface area contributed by atoms with E-state index in [9.17, 15) is 14.4 Å². The van der Waals surface area contributed by atoms with Crippen molar-refractivity contribution in [1.82, 2.24) is 15.1 Å². The Bertz CT molecular complexity index is 1400. The Morgan fingerprint density at radius 2 is 1.82 bits per heavy atom. The van der Waals surface area contributed by atoms with E-state index in [-0.39, 0.29) is 90.6 Å². The fourth-order valence-electron chi connectivity index (χ4n) is 4.23. The number of amides is 3. The van der Waals surface area contributed by atoms with Crippen LogP contribution in [-0.2, 0) is 34.0 Å². The van der Waals surface area contributed by atoms with Gasteiger partial charge in [0.2, 0.25) is 11.8 Å². The SMILES string of the molecule is [2H]c1c([2H])c(NCc2c([2H])c([2H])c(CN3CCOCC3)c([2H])c2[2H])c2c(c1[2H])C(=O)N([C@H]1CCC(=O)NC1=O)C2. The number of carbonyl (C=O) groups is 3. The monoisotopic (exact) mass is 455 g/mol. The average molecular weight is 456 g/mol. The van der Waals surface area contributed by atoms with Gasteiger partial charge in [0.15, 0.2) is 0 Å². The molecule has 0 radical (unpaired) electrons. The van der Waals surface area contributed by atoms with Crippen LogP contribution >= 0.6 is 0 Å². The van der Waals surface area contributed by atoms with Crippen LogP contribution < -0.4 is 10.6 Å². The molecule has 0 saturated carbocycles. The largest absolute Gasteiger partial charge is 0.381 e. The van der Waals surface area contributed by atoms with E-state index in [0.29, 0.717) is 26.3 Å². The number of rotatable bonds is 6. The minimum Gasteiger partial charge on any atom is -0.381 e. The summed E-state index contributed by atoms with van der Waals surface area (Å²) in [5, 5.41) is 5.15. The lowest BCUT2D eigenvalue weighted by atomic mass is 10.0. The number of hydrogen-bond donors (Lipinski definition) is 2. The third-order valence-electron chi connectivity index (χ3n) is 6.02. The second-order valence-electron chi connectivity index (χ2n) is 8.20. The van der Waals surface area contributed by atoms with Crippen LogP contribution in [0.2, 0.25) is 0 Å². The second-order valence-corrected chi connectivity index (χ2v) is 8.20. The number of hydrogen-bond acceptors (Lipinski definition) is 6. The molecule has 172 valence electrons. The molecule has 2 saturated heterocycles. The molecule has 2 fully saturated rings. The lowest BCUT2D eigenvalue weighted by Gasteiger charge is -2.29. The maximum absolute atomic E-state index is 13.3. The summed E-state index contributed by atoms with van der Waals surface area (Å²) in [5.41, 5.74) is 0.504. The van der Waals surface area contributed by atoms with Gasteiger partial charge in [-0.3, -0.25) is 24.6 Å². The number of anilines is 1. The van der Waals surface area contributed by atoms with Crippen LogP contribution in [0.3, 0.4) is 0 Å². The lowest BCUT2D eigenvalue weighted by molar-refractivity contribution is -0.136. The summed E-state index contributed by atoms with van der Waals surface area (Å²) in [5.74, 6) is -1.72. The number of imide groups is 1. The molecule has 8 nitrogen and oxygen atoms in total. The predicted molar refractivity (Wildman–Crippen MR) is 122 cm³/mol. The maximum atomic E-state index is 13.3. The Labute approximate surface area is 202 Å². The zero-order valence-corrected chi connectivity index (χ0v) is 18.0. The van der Waals surface area contributed by atoms with E-state index in [0.717, 1.165) is 0 Å². The standard InChI is InChI=1S/C25H28N4O4/c30-23-9-8-22(24(31)27-23)29-16-20-19(25(29)32)2-1-3-21(20)26-14-17-4-6-18(7-5-17)15-28-10-12-33-13-11-28/h1-7,22,26H,8-16H2,(H,27,30,31)/t22-/m0/s1/i1D,2D,3D,4D,5D,6D,7D. The molecule has 2 aromatic rings. The summed E-state index contributed by atoms with van der Waals surface area (Å²) < 4.78 is 64.5. The van der Waals surface area contributed by atoms with Crippen molar-refractivity contribution in [2.45, 2.75) is 38.5 Å². The fourth-order valence-corrected chi connectivity index (χ4v) is 4.23. The predicted octanol–water partition coefficient (Wildman–Crippen LogP) is 1.89. The van der Waals surface area contributed by atoms with Crippen molar-refractivity contribution >= 4 is 23.4 Å². The van der Waals surface area contributed by atoms with Crippen molar-refractivity contribution in [3.63, 3.8) is 0 Å². The van der Waals surface area contributed by atoms with E-state index in [1.165, 1.54) is 4.90 Å². The first kappa shape index (κ1) is 14.8. The molecule has 0 aliphatic carbocycles. The van der Waals surface area contributed by atoms with Crippen molar-refractivity contribution in [3.8, 4) is 0 Å². The molecule has 0 unspecified atom stereocenters. The molecule has 1 atom stereocenters. The zero-order valence-electron chi connectivity index (χ0n) is 25.0. The average Bonchev–Trinajstić information content (AvgIpc) is 3.27. The number of piperidine rings is 1. The minimum absolute atomic E-state index is 0.0494. The van der Waals surface area contributed by atoms with Crippen molar-refractivity contribution in [3.05, 3.63) is 64.6 Å². The molecular weight excluding hydrogens is 420 g/mol. The number of fused-ring (bicyclic) bond motifs is 1. The number of carbonyl (C=O) groups excluding carboxylic acids is 3. The highest BCUT2D eigenvalue weighted by Crippen LogP contribution is 2.32. The van der Waals surface area contributed by atoms with E-state index in [1.807, 2.05) is 4.90 Å². The number of nitrogens with one attached hydrogen (secondary N) is 2. The molecule has 8 heteroatoms. The van der Waals surface area contributed by atoms with E-state index in [1.54, 1.807) is 0 Å². The maximum Gasteiger partial charge on any atom is 0.255 e. The smallest absolute Gasteiger partial charge is 0.255 e. The van der Waals surface area contributed by atoms with Gasteiger partial charge in [-0.1, -0.05) is 30.2 Å². The molecule has 2 aromatic carbocycles. The van der Waals surface area contributed by atoms with Gasteiger partial charge in [-0.05, 0) is 29.6 Å². The Morgan fingerprint density at radius 3 is 2.58 bits per heavy atom. The van der Waals surface area contributed by atoms with Crippen LogP contribution in [-0.4, -0.2) is 59.9 Å². The Balaban J connectivity index is 1.45. The van der Waals surface area contributed by atoms with Gasteiger partial charge < -0.3 is 15.0 Å². The molecule has 3 amide bonds. The number of benzene rings is 2. The van der Waals surface area contributed by atoms with Gasteiger partial charge in [0.1, 0.15) is 6.04 Å². The molecule has 0 bridgehead atoms. The first-order valence-corrected chi connectivity index (χ1v) is 10.9. The molecule has 3 aliphatic rings. The molecule has 33 heavy (non-hydrogen) atoms. The van der Waals surface area contributed by atoms with E-state index >= 15 is 0 Å². The lowest BCUT2D eigenvalue weighted by Crippen LogP contribution is -2.52. The third-order valence-corrected chi connectivity index (χ3v) is 6.02. The molecule has 3 heterocycles. The highest BCUT2D eigenvalue weighted by Gasteiger charge is 2.39. The Kier molecular flexibility index (Phi) is 4.19. The summed E-state index contributed by atoms with van der Waals surface area (Å²) >= 11 is 0. The van der Waals surface area contributed by atoms with Crippen LogP contribution in [0.5, 0.6) is 0 Å². The molecule has 0 aromatic heterocycles. The molecule has 5 rings (SSSR count). The molecule has 0 spiro atoms. The first-order valence-electron chi connectivity index (χ1n) is 14.4. The van der Waals surface area contributed by atoms with Gasteiger partial charge in [0, 0.05) is 56.0 Å². The highest BCUT2D eigenvalue weighted by atomic mass is 16.5. The normalized spacial score (nSPS) is 24.1. The molecular formula is C25H28N4O4. The van der Waals surface area contributed by atoms with Crippen molar-refractivity contribution in [2.24, 2.45) is 0 Å². The second kappa shape index (κ2) is 9.33. The van der Waals surface area contributed by atoms with Crippen LogP contribution in [0, 0.1) is 0 Å². The van der Waals surface area contributed by atoms with Crippen molar-refractivity contribution < 1.29 is 28.7 Å². The Morgan fingerprint density at radius 1 is 1.06 bits per heavy atom. The minimum atomic E-state index is -0.941. The molecule has 2 N–H and O–H groups in total. The van der Waals surface area contributed by atoms with Crippen molar-refractivity contribution in [2.75, 3.05) is 31.6 Å². The van der Waals surface area contributed by atoms with Gasteiger partial charge in [-0.15, -0.1) is 0 Å². The Hall–Kier alpha value is -3.23. The summed E-state index contributed by atoms with van der Waals surface area (Å²) in [4.78, 5) is 40.5. The van der Waals surface area contributed by atoms with Crippen LogP contribution in [0.15, 0.2) is 42.3 Å². The summed E-state index contributed by atoms with van der Waals surface area (Å²) in [6.07, 6.45) is 0.162. The topological polar surface area (TPSA) is 91.0 Å². The van der Waals surface area contributed by atoms with E-state index in [2.05, 4.69) is 10.6 Å². The number of morpholine rings is 1. The van der Waals surface area contributed by atoms with E-state index < -0.39 is 35.8 Å². The van der Waals surface area contributed by atoms with Gasteiger partial charge >= 0.3 is 0 Å². The summed E-state index contributed by atoms with van der Waals surface area (Å²) in [6.45, 7) is 2.20. The molecule has 3 aliphatic heterocycles. The quantitative estimate of drug-likeness (QED) is 0.647. The summed E-state index contributed by atoms with van der Waals surface area (Å²) in [6, 6.07) is -3.04. The number of ether oxygens (including phenoxy) is 1. The van der Waals surface area contributed by atoms with Crippen LogP contribution in [0.1, 0.15) is 49.5 Å². The van der Waals surface area contributed by atoms with Crippen molar-refractivity contribution in [1.29, 1.82) is 0 Å². The first-order chi connectivity index (χ1) is 19.0. The fraction of sp³-hybridized carbons (Fsp3) is 0.400. The van der Waals surface area contributed by atoms with Gasteiger partial charge in [0.25, 0.3) is 5.91 Å². The van der Waals surface area contributed by atoms with Gasteiger partial charge in [0.05, 0.1) is 22.8 Å².